The van der Waals surface area contributed by atoms with E-state index < -0.39 is 0 Å². The minimum atomic E-state index is -0.279. The Labute approximate surface area is 124 Å². The Hall–Kier alpha value is -2.63. The summed E-state index contributed by atoms with van der Waals surface area (Å²) in [7, 11) is 5.69. The number of aryl methyl sites for hydroxylation is 1. The lowest BCUT2D eigenvalue weighted by Gasteiger charge is -2.17. The van der Waals surface area contributed by atoms with Crippen molar-refractivity contribution >= 4 is 23.1 Å². The molecular weight excluding hydrogens is 266 g/mol. The Morgan fingerprint density at radius 3 is 2.48 bits per heavy atom. The van der Waals surface area contributed by atoms with Crippen LogP contribution in [0, 0.1) is 6.92 Å². The first-order chi connectivity index (χ1) is 10.0. The highest BCUT2D eigenvalue weighted by atomic mass is 16.1. The van der Waals surface area contributed by atoms with Crippen LogP contribution in [0.4, 0.5) is 17.2 Å². The maximum absolute atomic E-state index is 12.1. The van der Waals surface area contributed by atoms with Crippen molar-refractivity contribution in [3.8, 4) is 0 Å². The molecule has 0 unspecified atom stereocenters. The van der Waals surface area contributed by atoms with E-state index in [-0.39, 0.29) is 11.6 Å². The number of aromatic nitrogens is 2. The molecule has 110 valence electrons. The third-order valence-electron chi connectivity index (χ3n) is 3.10. The van der Waals surface area contributed by atoms with Crippen LogP contribution in [-0.2, 0) is 0 Å². The second-order valence-electron chi connectivity index (χ2n) is 4.90. The van der Waals surface area contributed by atoms with Crippen LogP contribution in [0.15, 0.2) is 30.3 Å². The number of carbonyl (C=O) groups excluding carboxylic acids is 1. The summed E-state index contributed by atoms with van der Waals surface area (Å²) < 4.78 is 0. The summed E-state index contributed by atoms with van der Waals surface area (Å²) in [6, 6.07) is 9.12. The summed E-state index contributed by atoms with van der Waals surface area (Å²) in [5.41, 5.74) is 3.22. The number of nitrogens with zero attached hydrogens (tertiary/aromatic N) is 3. The van der Waals surface area contributed by atoms with Gasteiger partial charge >= 0.3 is 0 Å². The molecule has 0 aliphatic carbocycles. The molecule has 2 rings (SSSR count). The number of benzene rings is 1. The number of amides is 1. The molecular formula is C15H19N5O. The molecule has 0 saturated carbocycles. The van der Waals surface area contributed by atoms with Crippen LogP contribution in [0.5, 0.6) is 0 Å². The second-order valence-corrected chi connectivity index (χ2v) is 4.90. The van der Waals surface area contributed by atoms with Gasteiger partial charge in [-0.3, -0.25) is 4.79 Å². The molecule has 0 fully saturated rings. The molecule has 1 aromatic carbocycles. The van der Waals surface area contributed by atoms with Gasteiger partial charge in [-0.05, 0) is 36.8 Å². The van der Waals surface area contributed by atoms with Gasteiger partial charge in [-0.25, -0.2) is 0 Å². The molecule has 2 aromatic rings. The van der Waals surface area contributed by atoms with Gasteiger partial charge in [-0.2, -0.15) is 0 Å². The zero-order valence-corrected chi connectivity index (χ0v) is 12.6. The molecule has 0 aliphatic heterocycles. The van der Waals surface area contributed by atoms with Gasteiger partial charge in [0.2, 0.25) is 0 Å². The zero-order chi connectivity index (χ0) is 15.4. The Morgan fingerprint density at radius 2 is 1.90 bits per heavy atom. The van der Waals surface area contributed by atoms with E-state index in [1.807, 2.05) is 44.1 Å². The lowest BCUT2D eigenvalue weighted by molar-refractivity contribution is 0.102. The van der Waals surface area contributed by atoms with Crippen molar-refractivity contribution in [3.05, 3.63) is 41.6 Å². The van der Waals surface area contributed by atoms with E-state index in [1.165, 1.54) is 0 Å². The average molecular weight is 285 g/mol. The molecule has 0 spiro atoms. The molecule has 0 atom stereocenters. The lowest BCUT2D eigenvalue weighted by Crippen LogP contribution is -2.16. The zero-order valence-electron chi connectivity index (χ0n) is 12.6. The largest absolute Gasteiger partial charge is 0.377 e. The maximum Gasteiger partial charge on any atom is 0.276 e. The number of nitrogens with one attached hydrogen (secondary N) is 2. The van der Waals surface area contributed by atoms with E-state index in [1.54, 1.807) is 19.2 Å². The van der Waals surface area contributed by atoms with Gasteiger partial charge in [-0.1, -0.05) is 6.07 Å². The van der Waals surface area contributed by atoms with Crippen molar-refractivity contribution in [2.45, 2.75) is 6.92 Å². The molecule has 0 aliphatic rings. The molecule has 0 bridgehead atoms. The van der Waals surface area contributed by atoms with Crippen LogP contribution in [0.3, 0.4) is 0 Å². The van der Waals surface area contributed by atoms with E-state index in [9.17, 15) is 4.79 Å². The Bertz CT molecular complexity index is 637. The maximum atomic E-state index is 12.1. The highest BCUT2D eigenvalue weighted by molar-refractivity contribution is 6.03. The fourth-order valence-corrected chi connectivity index (χ4v) is 1.95. The highest BCUT2D eigenvalue weighted by Gasteiger charge is 2.10. The Balaban J connectivity index is 2.17. The first kappa shape index (κ1) is 14.8. The van der Waals surface area contributed by atoms with Crippen molar-refractivity contribution in [2.75, 3.05) is 36.7 Å². The standard InChI is InChI=1S/C15H19N5O/c1-10-5-6-11(9-13(10)20(3)4)17-15(21)12-7-8-14(16-2)19-18-12/h5-9H,1-4H3,(H,16,19)(H,17,21). The molecule has 0 saturated heterocycles. The highest BCUT2D eigenvalue weighted by Crippen LogP contribution is 2.22. The predicted molar refractivity (Wildman–Crippen MR) is 85.0 cm³/mol. The summed E-state index contributed by atoms with van der Waals surface area (Å²) in [6.45, 7) is 2.03. The van der Waals surface area contributed by atoms with Crippen LogP contribution in [0.25, 0.3) is 0 Å². The SMILES string of the molecule is CNc1ccc(C(=O)Nc2ccc(C)c(N(C)C)c2)nn1. The topological polar surface area (TPSA) is 70.2 Å². The van der Waals surface area contributed by atoms with Crippen LogP contribution in [0.1, 0.15) is 16.1 Å². The molecule has 1 amide bonds. The third-order valence-corrected chi connectivity index (χ3v) is 3.10. The molecule has 6 heteroatoms. The second kappa shape index (κ2) is 6.21. The quantitative estimate of drug-likeness (QED) is 0.900. The molecule has 1 aromatic heterocycles. The van der Waals surface area contributed by atoms with Crippen LogP contribution in [0.2, 0.25) is 0 Å². The third kappa shape index (κ3) is 3.47. The van der Waals surface area contributed by atoms with E-state index in [0.29, 0.717) is 5.82 Å². The molecule has 0 radical (unpaired) electrons. The van der Waals surface area contributed by atoms with E-state index in [0.717, 1.165) is 16.9 Å². The van der Waals surface area contributed by atoms with Gasteiger partial charge in [-0.15, -0.1) is 10.2 Å². The van der Waals surface area contributed by atoms with Gasteiger partial charge in [0.05, 0.1) is 0 Å². The lowest BCUT2D eigenvalue weighted by atomic mass is 10.1. The molecule has 1 heterocycles. The van der Waals surface area contributed by atoms with Crippen molar-refractivity contribution < 1.29 is 4.79 Å². The first-order valence-corrected chi connectivity index (χ1v) is 6.62. The molecule has 21 heavy (non-hydrogen) atoms. The van der Waals surface area contributed by atoms with Gasteiger partial charge in [0.1, 0.15) is 5.82 Å². The number of anilines is 3. The predicted octanol–water partition coefficient (Wildman–Crippen LogP) is 2.15. The fourth-order valence-electron chi connectivity index (χ4n) is 1.95. The summed E-state index contributed by atoms with van der Waals surface area (Å²) in [6.07, 6.45) is 0. The van der Waals surface area contributed by atoms with E-state index in [4.69, 9.17) is 0 Å². The normalized spacial score (nSPS) is 10.1. The summed E-state index contributed by atoms with van der Waals surface area (Å²) >= 11 is 0. The summed E-state index contributed by atoms with van der Waals surface area (Å²) in [5, 5.41) is 13.5. The smallest absolute Gasteiger partial charge is 0.276 e. The number of hydrogen-bond donors (Lipinski definition) is 2. The molecule has 2 N–H and O–H groups in total. The number of hydrogen-bond acceptors (Lipinski definition) is 5. The Kier molecular flexibility index (Phi) is 4.37. The average Bonchev–Trinajstić information content (AvgIpc) is 2.49. The fraction of sp³-hybridized carbons (Fsp3) is 0.267. The van der Waals surface area contributed by atoms with Crippen LogP contribution >= 0.6 is 0 Å². The summed E-state index contributed by atoms with van der Waals surface area (Å²) in [5.74, 6) is 0.343. The Morgan fingerprint density at radius 1 is 1.14 bits per heavy atom. The first-order valence-electron chi connectivity index (χ1n) is 6.62. The van der Waals surface area contributed by atoms with Gasteiger partial charge in [0, 0.05) is 32.5 Å². The minimum Gasteiger partial charge on any atom is -0.377 e. The van der Waals surface area contributed by atoms with Crippen LogP contribution in [-0.4, -0.2) is 37.2 Å². The minimum absolute atomic E-state index is 0.279. The monoisotopic (exact) mass is 285 g/mol. The van der Waals surface area contributed by atoms with Gasteiger partial charge in [0.25, 0.3) is 5.91 Å². The number of rotatable bonds is 4. The summed E-state index contributed by atoms with van der Waals surface area (Å²) in [4.78, 5) is 14.1. The van der Waals surface area contributed by atoms with Crippen LogP contribution < -0.4 is 15.5 Å². The number of carbonyl (C=O) groups is 1. The van der Waals surface area contributed by atoms with E-state index >= 15 is 0 Å². The van der Waals surface area contributed by atoms with Gasteiger partial charge < -0.3 is 15.5 Å². The van der Waals surface area contributed by atoms with E-state index in [2.05, 4.69) is 20.8 Å². The van der Waals surface area contributed by atoms with Gasteiger partial charge in [0.15, 0.2) is 5.69 Å². The van der Waals surface area contributed by atoms with Crippen molar-refractivity contribution in [1.82, 2.24) is 10.2 Å². The van der Waals surface area contributed by atoms with Crippen molar-refractivity contribution in [1.29, 1.82) is 0 Å². The van der Waals surface area contributed by atoms with Crippen molar-refractivity contribution in [3.63, 3.8) is 0 Å². The molecule has 6 nitrogen and oxygen atoms in total. The van der Waals surface area contributed by atoms with Crippen molar-refractivity contribution in [2.24, 2.45) is 0 Å².